The van der Waals surface area contributed by atoms with Crippen molar-refractivity contribution in [1.29, 1.82) is 0 Å². The van der Waals surface area contributed by atoms with E-state index in [0.29, 0.717) is 18.4 Å². The van der Waals surface area contributed by atoms with Gasteiger partial charge >= 0.3 is 0 Å². The van der Waals surface area contributed by atoms with Crippen molar-refractivity contribution >= 4 is 0 Å². The summed E-state index contributed by atoms with van der Waals surface area (Å²) in [7, 11) is 0. The Morgan fingerprint density at radius 1 is 1.60 bits per heavy atom. The van der Waals surface area contributed by atoms with Gasteiger partial charge in [0, 0.05) is 13.1 Å². The normalized spacial score (nSPS) is 63.9. The molecule has 0 aromatic rings. The van der Waals surface area contributed by atoms with Crippen LogP contribution in [0.2, 0.25) is 0 Å². The van der Waals surface area contributed by atoms with Crippen LogP contribution in [0.15, 0.2) is 0 Å². The first-order valence-electron chi connectivity index (χ1n) is 4.01. The van der Waals surface area contributed by atoms with Crippen LogP contribution in [-0.4, -0.2) is 42.4 Å². The first-order valence-corrected chi connectivity index (χ1v) is 4.01. The molecule has 0 spiro atoms. The quantitative estimate of drug-likeness (QED) is 0.493. The van der Waals surface area contributed by atoms with Crippen molar-refractivity contribution in [3.63, 3.8) is 0 Å². The molecule has 0 aliphatic carbocycles. The van der Waals surface area contributed by atoms with Gasteiger partial charge in [-0.2, -0.15) is 0 Å². The van der Waals surface area contributed by atoms with Gasteiger partial charge in [0.25, 0.3) is 0 Å². The molecule has 1 N–H and O–H groups in total. The molecule has 3 nitrogen and oxygen atoms in total. The molecule has 5 atom stereocenters. The average Bonchev–Trinajstić information content (AvgIpc) is 2.81. The second-order valence-electron chi connectivity index (χ2n) is 3.51. The van der Waals surface area contributed by atoms with Crippen LogP contribution in [0.3, 0.4) is 0 Å². The molecule has 3 aliphatic rings. The van der Waals surface area contributed by atoms with Crippen LogP contribution in [0.5, 0.6) is 0 Å². The maximum Gasteiger partial charge on any atom is 0.128 e. The van der Waals surface area contributed by atoms with E-state index in [9.17, 15) is 0 Å². The highest BCUT2D eigenvalue weighted by Gasteiger charge is 2.55. The van der Waals surface area contributed by atoms with Crippen LogP contribution in [-0.2, 0) is 4.74 Å². The summed E-state index contributed by atoms with van der Waals surface area (Å²) < 4.78 is 5.71. The van der Waals surface area contributed by atoms with Crippen molar-refractivity contribution < 1.29 is 4.74 Å². The Balaban J connectivity index is 1.76. The molecule has 0 amide bonds. The third-order valence-electron chi connectivity index (χ3n) is 2.70. The minimum atomic E-state index is 0.417. The van der Waals surface area contributed by atoms with Crippen LogP contribution in [0.4, 0.5) is 0 Å². The SMILES string of the molecule is CC1OC(C2CN2)N2CC12. The molecular formula is C7H12N2O. The average molecular weight is 140 g/mol. The van der Waals surface area contributed by atoms with Gasteiger partial charge in [0.15, 0.2) is 0 Å². The largest absolute Gasteiger partial charge is 0.357 e. The minimum absolute atomic E-state index is 0.417. The number of hydrogen-bond donors (Lipinski definition) is 1. The fraction of sp³-hybridized carbons (Fsp3) is 1.00. The summed E-state index contributed by atoms with van der Waals surface area (Å²) in [6.45, 7) is 4.59. The molecule has 3 fully saturated rings. The highest BCUT2D eigenvalue weighted by molar-refractivity contribution is 5.07. The summed E-state index contributed by atoms with van der Waals surface area (Å²) in [6, 6.07) is 1.40. The lowest BCUT2D eigenvalue weighted by Crippen LogP contribution is -2.27. The third-order valence-corrected chi connectivity index (χ3v) is 2.70. The summed E-state index contributed by atoms with van der Waals surface area (Å²) in [5, 5.41) is 3.29. The maximum atomic E-state index is 5.71. The third kappa shape index (κ3) is 0.603. The first-order chi connectivity index (χ1) is 4.86. The van der Waals surface area contributed by atoms with Gasteiger partial charge in [0.1, 0.15) is 6.23 Å². The lowest BCUT2D eigenvalue weighted by molar-refractivity contribution is 0.00621. The van der Waals surface area contributed by atoms with Crippen molar-refractivity contribution in [3.05, 3.63) is 0 Å². The molecule has 10 heavy (non-hydrogen) atoms. The Hall–Kier alpha value is -0.120. The van der Waals surface area contributed by atoms with Crippen LogP contribution >= 0.6 is 0 Å². The Morgan fingerprint density at radius 3 is 2.80 bits per heavy atom. The van der Waals surface area contributed by atoms with E-state index in [1.165, 1.54) is 6.54 Å². The highest BCUT2D eigenvalue weighted by atomic mass is 16.5. The van der Waals surface area contributed by atoms with Gasteiger partial charge < -0.3 is 10.1 Å². The summed E-state index contributed by atoms with van der Waals surface area (Å²) >= 11 is 0. The number of nitrogens with one attached hydrogen (secondary N) is 1. The lowest BCUT2D eigenvalue weighted by Gasteiger charge is -2.12. The van der Waals surface area contributed by atoms with Crippen LogP contribution < -0.4 is 5.32 Å². The first kappa shape index (κ1) is 5.52. The summed E-state index contributed by atoms with van der Waals surface area (Å²) in [5.41, 5.74) is 0. The van der Waals surface area contributed by atoms with Gasteiger partial charge in [-0.15, -0.1) is 0 Å². The zero-order valence-corrected chi connectivity index (χ0v) is 6.08. The van der Waals surface area contributed by atoms with Gasteiger partial charge in [-0.25, -0.2) is 0 Å². The van der Waals surface area contributed by atoms with Crippen molar-refractivity contribution in [2.75, 3.05) is 13.1 Å². The number of rotatable bonds is 1. The van der Waals surface area contributed by atoms with Gasteiger partial charge in [0.05, 0.1) is 18.2 Å². The van der Waals surface area contributed by atoms with E-state index in [1.807, 2.05) is 0 Å². The van der Waals surface area contributed by atoms with Crippen LogP contribution in [0.25, 0.3) is 0 Å². The van der Waals surface area contributed by atoms with Crippen LogP contribution in [0.1, 0.15) is 6.92 Å². The predicted octanol–water partition coefficient (Wildman–Crippen LogP) is -0.613. The maximum absolute atomic E-state index is 5.71. The molecule has 0 radical (unpaired) electrons. The topological polar surface area (TPSA) is 34.2 Å². The molecule has 56 valence electrons. The second kappa shape index (κ2) is 1.55. The van der Waals surface area contributed by atoms with Crippen molar-refractivity contribution in [3.8, 4) is 0 Å². The zero-order valence-electron chi connectivity index (χ0n) is 6.08. The number of nitrogens with zero attached hydrogens (tertiary/aromatic N) is 1. The predicted molar refractivity (Wildman–Crippen MR) is 36.6 cm³/mol. The van der Waals surface area contributed by atoms with E-state index in [-0.39, 0.29) is 0 Å². The van der Waals surface area contributed by atoms with Crippen molar-refractivity contribution in [2.24, 2.45) is 0 Å². The summed E-state index contributed by atoms with van der Waals surface area (Å²) in [5.74, 6) is 0. The Labute approximate surface area is 60.3 Å². The standard InChI is InChI=1S/C7H12N2O/c1-4-6-3-9(6)7(10-4)5-2-8-5/h4-8H,2-3H2,1H3. The van der Waals surface area contributed by atoms with Gasteiger partial charge in [-0.3, -0.25) is 4.90 Å². The monoisotopic (exact) mass is 140 g/mol. The van der Waals surface area contributed by atoms with Crippen LogP contribution in [0, 0.1) is 0 Å². The number of fused-ring (bicyclic) bond motifs is 1. The molecule has 3 rings (SSSR count). The van der Waals surface area contributed by atoms with Crippen molar-refractivity contribution in [2.45, 2.75) is 31.3 Å². The van der Waals surface area contributed by atoms with E-state index >= 15 is 0 Å². The molecular weight excluding hydrogens is 128 g/mol. The smallest absolute Gasteiger partial charge is 0.128 e. The molecule has 3 saturated heterocycles. The Kier molecular flexibility index (Phi) is 0.854. The molecule has 3 aliphatic heterocycles. The molecule has 3 heteroatoms. The molecule has 0 saturated carbocycles. The summed E-state index contributed by atoms with van der Waals surface area (Å²) in [4.78, 5) is 2.44. The Bertz CT molecular complexity index is 169. The fourth-order valence-electron chi connectivity index (χ4n) is 1.86. The Morgan fingerprint density at radius 2 is 2.40 bits per heavy atom. The van der Waals surface area contributed by atoms with E-state index in [4.69, 9.17) is 4.74 Å². The van der Waals surface area contributed by atoms with Gasteiger partial charge in [-0.05, 0) is 6.92 Å². The van der Waals surface area contributed by atoms with E-state index in [1.54, 1.807) is 0 Å². The molecule has 0 aromatic carbocycles. The van der Waals surface area contributed by atoms with Gasteiger partial charge in [0.2, 0.25) is 0 Å². The van der Waals surface area contributed by atoms with Gasteiger partial charge in [-0.1, -0.05) is 0 Å². The van der Waals surface area contributed by atoms with E-state index < -0.39 is 0 Å². The summed E-state index contributed by atoms with van der Waals surface area (Å²) in [6.07, 6.45) is 0.896. The highest BCUT2D eigenvalue weighted by Crippen LogP contribution is 2.37. The van der Waals surface area contributed by atoms with E-state index in [0.717, 1.165) is 12.6 Å². The van der Waals surface area contributed by atoms with Crippen molar-refractivity contribution in [1.82, 2.24) is 10.2 Å². The second-order valence-corrected chi connectivity index (χ2v) is 3.51. The van der Waals surface area contributed by atoms with E-state index in [2.05, 4.69) is 17.1 Å². The minimum Gasteiger partial charge on any atom is -0.357 e. The molecule has 3 heterocycles. The fourth-order valence-corrected chi connectivity index (χ4v) is 1.86. The zero-order chi connectivity index (χ0) is 6.72. The molecule has 5 unspecified atom stereocenters. The lowest BCUT2D eigenvalue weighted by atomic mass is 10.3. The number of hydrogen-bond acceptors (Lipinski definition) is 3. The molecule has 0 bridgehead atoms. The number of ether oxygens (including phenoxy) is 1. The molecule has 0 aromatic heterocycles.